The predicted octanol–water partition coefficient (Wildman–Crippen LogP) is 4.49. The molecule has 3 heteroatoms. The molecule has 0 bridgehead atoms. The highest BCUT2D eigenvalue weighted by molar-refractivity contribution is 6.31. The third-order valence-corrected chi connectivity index (χ3v) is 4.69. The Morgan fingerprint density at radius 3 is 2.95 bits per heavy atom. The smallest absolute Gasteiger partial charge is 0.0472 e. The Labute approximate surface area is 119 Å². The lowest BCUT2D eigenvalue weighted by Gasteiger charge is -2.20. The highest BCUT2D eigenvalue weighted by Crippen LogP contribution is 2.28. The average molecular weight is 277 g/mol. The topological polar surface area (TPSA) is 27.8 Å². The molecule has 3 rings (SSSR count). The highest BCUT2D eigenvalue weighted by Gasteiger charge is 2.21. The van der Waals surface area contributed by atoms with Gasteiger partial charge in [-0.15, -0.1) is 0 Å². The van der Waals surface area contributed by atoms with Gasteiger partial charge in [0.1, 0.15) is 0 Å². The van der Waals surface area contributed by atoms with Gasteiger partial charge < -0.3 is 10.3 Å². The Balaban J connectivity index is 1.68. The molecule has 1 unspecified atom stereocenters. The van der Waals surface area contributed by atoms with Crippen molar-refractivity contribution in [2.75, 3.05) is 0 Å². The highest BCUT2D eigenvalue weighted by atomic mass is 35.5. The van der Waals surface area contributed by atoms with Crippen molar-refractivity contribution in [2.45, 2.75) is 45.2 Å². The Kier molecular flexibility index (Phi) is 3.81. The van der Waals surface area contributed by atoms with E-state index >= 15 is 0 Å². The van der Waals surface area contributed by atoms with Crippen molar-refractivity contribution in [1.29, 1.82) is 0 Å². The first kappa shape index (κ1) is 13.0. The number of fused-ring (bicyclic) bond motifs is 1. The van der Waals surface area contributed by atoms with Crippen LogP contribution in [0.4, 0.5) is 0 Å². The van der Waals surface area contributed by atoms with Gasteiger partial charge >= 0.3 is 0 Å². The zero-order chi connectivity index (χ0) is 13.2. The number of aromatic amines is 1. The van der Waals surface area contributed by atoms with Gasteiger partial charge in [0.2, 0.25) is 0 Å². The van der Waals surface area contributed by atoms with Crippen molar-refractivity contribution in [2.24, 2.45) is 5.92 Å². The van der Waals surface area contributed by atoms with Crippen LogP contribution < -0.4 is 5.32 Å². The van der Waals surface area contributed by atoms with Crippen LogP contribution in [0, 0.1) is 5.92 Å². The lowest BCUT2D eigenvalue weighted by molar-refractivity contribution is 0.381. The van der Waals surface area contributed by atoms with Crippen LogP contribution in [-0.4, -0.2) is 11.0 Å². The number of hydrogen-bond acceptors (Lipinski definition) is 1. The Bertz CT molecular complexity index is 555. The third kappa shape index (κ3) is 2.80. The molecule has 1 fully saturated rings. The molecule has 0 spiro atoms. The van der Waals surface area contributed by atoms with Crippen molar-refractivity contribution in [3.05, 3.63) is 35.0 Å². The molecular formula is C16H21ClN2. The zero-order valence-electron chi connectivity index (χ0n) is 11.4. The summed E-state index contributed by atoms with van der Waals surface area (Å²) in [5, 5.41) is 5.74. The van der Waals surface area contributed by atoms with E-state index < -0.39 is 0 Å². The molecule has 1 heterocycles. The summed E-state index contributed by atoms with van der Waals surface area (Å²) in [6.07, 6.45) is 7.68. The van der Waals surface area contributed by atoms with Crippen LogP contribution in [0.25, 0.3) is 10.9 Å². The van der Waals surface area contributed by atoms with Gasteiger partial charge in [0.05, 0.1) is 0 Å². The maximum Gasteiger partial charge on any atom is 0.0472 e. The minimum Gasteiger partial charge on any atom is -0.361 e. The molecular weight excluding hydrogens is 256 g/mol. The molecule has 0 radical (unpaired) electrons. The third-order valence-electron chi connectivity index (χ3n) is 4.45. The molecule has 19 heavy (non-hydrogen) atoms. The van der Waals surface area contributed by atoms with Gasteiger partial charge in [-0.05, 0) is 43.4 Å². The molecule has 0 aliphatic heterocycles. The van der Waals surface area contributed by atoms with Crippen molar-refractivity contribution >= 4 is 22.5 Å². The van der Waals surface area contributed by atoms with Gasteiger partial charge in [-0.2, -0.15) is 0 Å². The normalized spacial score (nSPS) is 18.2. The molecule has 0 amide bonds. The van der Waals surface area contributed by atoms with Crippen LogP contribution >= 0.6 is 11.6 Å². The van der Waals surface area contributed by atoms with E-state index in [9.17, 15) is 0 Å². The van der Waals surface area contributed by atoms with Crippen molar-refractivity contribution < 1.29 is 0 Å². The molecule has 2 aromatic rings. The van der Waals surface area contributed by atoms with E-state index in [1.165, 1.54) is 36.6 Å². The second-order valence-corrected chi connectivity index (χ2v) is 6.15. The van der Waals surface area contributed by atoms with Crippen LogP contribution in [0.3, 0.4) is 0 Å². The fraction of sp³-hybridized carbons (Fsp3) is 0.500. The maximum atomic E-state index is 6.01. The van der Waals surface area contributed by atoms with E-state index in [0.29, 0.717) is 6.04 Å². The summed E-state index contributed by atoms with van der Waals surface area (Å²) in [5.74, 6) is 0.861. The lowest BCUT2D eigenvalue weighted by atomic mass is 9.99. The Hall–Kier alpha value is -0.990. The number of halogens is 1. The fourth-order valence-electron chi connectivity index (χ4n) is 3.20. The summed E-state index contributed by atoms with van der Waals surface area (Å²) >= 11 is 6.01. The first-order chi connectivity index (χ1) is 9.24. The molecule has 1 aliphatic rings. The molecule has 1 aliphatic carbocycles. The molecule has 2 N–H and O–H groups in total. The minimum absolute atomic E-state index is 0.611. The quantitative estimate of drug-likeness (QED) is 0.846. The van der Waals surface area contributed by atoms with Crippen LogP contribution in [0.5, 0.6) is 0 Å². The van der Waals surface area contributed by atoms with E-state index in [0.717, 1.165) is 23.0 Å². The van der Waals surface area contributed by atoms with Crippen LogP contribution in [-0.2, 0) is 6.54 Å². The summed E-state index contributed by atoms with van der Waals surface area (Å²) in [7, 11) is 0. The minimum atomic E-state index is 0.611. The molecule has 0 saturated heterocycles. The lowest BCUT2D eigenvalue weighted by Crippen LogP contribution is -2.31. The molecule has 1 aromatic heterocycles. The van der Waals surface area contributed by atoms with Crippen molar-refractivity contribution in [1.82, 2.24) is 10.3 Å². The number of benzene rings is 1. The Morgan fingerprint density at radius 2 is 2.16 bits per heavy atom. The molecule has 1 atom stereocenters. The number of nitrogens with one attached hydrogen (secondary N) is 2. The fourth-order valence-corrected chi connectivity index (χ4v) is 3.37. The standard InChI is InChI=1S/C16H21ClN2/c1-11(12-4-2-3-5-12)18-9-13-10-19-16-8-14(17)6-7-15(13)16/h6-8,10-12,18-19H,2-5,9H2,1H3. The van der Waals surface area contributed by atoms with Gasteiger partial charge in [-0.1, -0.05) is 30.5 Å². The van der Waals surface area contributed by atoms with Crippen LogP contribution in [0.15, 0.2) is 24.4 Å². The van der Waals surface area contributed by atoms with Gasteiger partial charge in [0.25, 0.3) is 0 Å². The maximum absolute atomic E-state index is 6.01. The number of H-pyrrole nitrogens is 1. The van der Waals surface area contributed by atoms with E-state index in [1.807, 2.05) is 12.1 Å². The van der Waals surface area contributed by atoms with Crippen molar-refractivity contribution in [3.63, 3.8) is 0 Å². The summed E-state index contributed by atoms with van der Waals surface area (Å²) in [4.78, 5) is 3.30. The second-order valence-electron chi connectivity index (χ2n) is 5.72. The summed E-state index contributed by atoms with van der Waals surface area (Å²) in [5.41, 5.74) is 2.45. The average Bonchev–Trinajstić information content (AvgIpc) is 3.05. The van der Waals surface area contributed by atoms with Crippen LogP contribution in [0.2, 0.25) is 5.02 Å². The molecule has 1 aromatic carbocycles. The molecule has 1 saturated carbocycles. The van der Waals surface area contributed by atoms with Crippen molar-refractivity contribution in [3.8, 4) is 0 Å². The van der Waals surface area contributed by atoms with Gasteiger partial charge in [0.15, 0.2) is 0 Å². The number of aromatic nitrogens is 1. The van der Waals surface area contributed by atoms with Gasteiger partial charge in [-0.25, -0.2) is 0 Å². The number of rotatable bonds is 4. The number of hydrogen-bond donors (Lipinski definition) is 2. The first-order valence-electron chi connectivity index (χ1n) is 7.23. The van der Waals surface area contributed by atoms with Crippen LogP contribution in [0.1, 0.15) is 38.2 Å². The second kappa shape index (κ2) is 5.56. The SMILES string of the molecule is CC(NCc1c[nH]c2cc(Cl)ccc12)C1CCCC1. The first-order valence-corrected chi connectivity index (χ1v) is 7.61. The largest absolute Gasteiger partial charge is 0.361 e. The summed E-state index contributed by atoms with van der Waals surface area (Å²) < 4.78 is 0. The summed E-state index contributed by atoms with van der Waals surface area (Å²) in [6, 6.07) is 6.66. The zero-order valence-corrected chi connectivity index (χ0v) is 12.1. The Morgan fingerprint density at radius 1 is 1.37 bits per heavy atom. The molecule has 2 nitrogen and oxygen atoms in total. The van der Waals surface area contributed by atoms with Gasteiger partial charge in [-0.3, -0.25) is 0 Å². The monoisotopic (exact) mass is 276 g/mol. The summed E-state index contributed by atoms with van der Waals surface area (Å²) in [6.45, 7) is 3.25. The van der Waals surface area contributed by atoms with E-state index in [2.05, 4.69) is 29.5 Å². The van der Waals surface area contributed by atoms with E-state index in [1.54, 1.807) is 0 Å². The molecule has 102 valence electrons. The van der Waals surface area contributed by atoms with E-state index in [-0.39, 0.29) is 0 Å². The van der Waals surface area contributed by atoms with E-state index in [4.69, 9.17) is 11.6 Å². The predicted molar refractivity (Wildman–Crippen MR) is 81.6 cm³/mol. The van der Waals surface area contributed by atoms with Gasteiger partial charge in [0, 0.05) is 34.7 Å².